The Balaban J connectivity index is 0.00000641. The lowest BCUT2D eigenvalue weighted by molar-refractivity contribution is -0.644. The summed E-state index contributed by atoms with van der Waals surface area (Å²) in [5, 5.41) is 18.8. The average Bonchev–Trinajstić information content (AvgIpc) is 3.79. The second kappa shape index (κ2) is 22.5. The molecule has 2 atom stereocenters. The van der Waals surface area contributed by atoms with Gasteiger partial charge < -0.3 is 48.3 Å². The molecule has 58 heavy (non-hydrogen) atoms. The molecule has 6 N–H and O–H groups in total. The van der Waals surface area contributed by atoms with Crippen molar-refractivity contribution in [3.8, 4) is 0 Å². The number of fused-ring (bicyclic) bond motifs is 3. The number of aromatic nitrogens is 2. The predicted octanol–water partition coefficient (Wildman–Crippen LogP) is 5.00. The number of aliphatic carboxylic acids is 1. The molecule has 0 saturated carbocycles. The number of rotatable bonds is 22. The first-order valence-corrected chi connectivity index (χ1v) is 21.3. The highest BCUT2D eigenvalue weighted by atomic mass is 79.9. The van der Waals surface area contributed by atoms with Gasteiger partial charge in [0.15, 0.2) is 6.20 Å². The zero-order chi connectivity index (χ0) is 40.0. The topological polar surface area (TPSA) is 144 Å². The molecule has 10 nitrogen and oxygen atoms in total. The fraction of sp³-hybridized carbons (Fsp3) is 0.391. The van der Waals surface area contributed by atoms with Crippen LogP contribution in [0.2, 0.25) is 0 Å². The van der Waals surface area contributed by atoms with Gasteiger partial charge in [-0.25, -0.2) is 9.36 Å². The van der Waals surface area contributed by atoms with Gasteiger partial charge in [-0.3, -0.25) is 9.59 Å². The summed E-state index contributed by atoms with van der Waals surface area (Å²) in [6.07, 6.45) is 16.9. The van der Waals surface area contributed by atoms with Gasteiger partial charge in [0.25, 0.3) is 0 Å². The first-order chi connectivity index (χ1) is 27.8. The number of carbonyl (C=O) groups is 3. The predicted molar refractivity (Wildman–Crippen MR) is 231 cm³/mol. The van der Waals surface area contributed by atoms with Crippen LogP contribution in [0.3, 0.4) is 0 Å². The summed E-state index contributed by atoms with van der Waals surface area (Å²) in [5.74, 6) is -1.79. The van der Waals surface area contributed by atoms with Crippen LogP contribution in [0.15, 0.2) is 101 Å². The van der Waals surface area contributed by atoms with E-state index in [9.17, 15) is 19.5 Å². The van der Waals surface area contributed by atoms with Crippen LogP contribution in [0, 0.1) is 0 Å². The fourth-order valence-electron chi connectivity index (χ4n) is 7.67. The molecule has 3 heterocycles. The number of anilines is 1. The zero-order valence-electron chi connectivity index (χ0n) is 33.4. The molecule has 6 rings (SSSR count). The van der Waals surface area contributed by atoms with E-state index in [1.807, 2.05) is 42.2 Å². The number of pyridine rings is 1. The molecule has 0 saturated heterocycles. The Morgan fingerprint density at radius 1 is 0.828 bits per heavy atom. The molecule has 2 aromatic heterocycles. The molecule has 0 aliphatic carbocycles. The van der Waals surface area contributed by atoms with E-state index in [1.54, 1.807) is 0 Å². The SMILES string of the molecule is C[n+]1ccc(/C=C2/Sc3ccccc3N2CCCCCCCCCCC(=O)N[C@@H](Cc2c[nH]c3ccccc23)C(=O)N[C@@H](CCCCN)C(=O)O)c2ccccc21.[Br-]. The number of benzene rings is 3. The van der Waals surface area contributed by atoms with Gasteiger partial charge in [-0.15, -0.1) is 0 Å². The molecule has 0 bridgehead atoms. The molecule has 0 unspecified atom stereocenters. The summed E-state index contributed by atoms with van der Waals surface area (Å²) in [6, 6.07) is 25.3. The lowest BCUT2D eigenvalue weighted by Crippen LogP contribution is -3.00. The lowest BCUT2D eigenvalue weighted by Gasteiger charge is -2.21. The van der Waals surface area contributed by atoms with E-state index in [0.717, 1.165) is 61.5 Å². The van der Waals surface area contributed by atoms with Crippen LogP contribution >= 0.6 is 11.8 Å². The molecular weight excluding hydrogens is 813 g/mol. The number of nitrogens with two attached hydrogens (primary N) is 1. The molecule has 0 fully saturated rings. The summed E-state index contributed by atoms with van der Waals surface area (Å²) in [4.78, 5) is 45.5. The van der Waals surface area contributed by atoms with Crippen molar-refractivity contribution in [3.63, 3.8) is 0 Å². The van der Waals surface area contributed by atoms with Crippen molar-refractivity contribution in [2.45, 2.75) is 100 Å². The summed E-state index contributed by atoms with van der Waals surface area (Å²) in [6.45, 7) is 1.44. The van der Waals surface area contributed by atoms with Gasteiger partial charge in [0.2, 0.25) is 17.3 Å². The van der Waals surface area contributed by atoms with E-state index in [2.05, 4.69) is 99.0 Å². The second-order valence-corrected chi connectivity index (χ2v) is 16.1. The van der Waals surface area contributed by atoms with Gasteiger partial charge in [0.1, 0.15) is 19.1 Å². The Hall–Kier alpha value is -4.65. The monoisotopic (exact) mass is 868 g/mol. The third kappa shape index (κ3) is 12.0. The number of halogens is 1. The summed E-state index contributed by atoms with van der Waals surface area (Å²) >= 11 is 1.85. The van der Waals surface area contributed by atoms with Crippen LogP contribution in [0.1, 0.15) is 88.2 Å². The number of hydrogen-bond acceptors (Lipinski definition) is 6. The van der Waals surface area contributed by atoms with Crippen LogP contribution in [0.4, 0.5) is 5.69 Å². The number of amides is 2. The molecule has 5 aromatic rings. The minimum Gasteiger partial charge on any atom is -1.00 e. The number of unbranched alkanes of at least 4 members (excludes halogenated alkanes) is 8. The smallest absolute Gasteiger partial charge is 0.326 e. The molecule has 12 heteroatoms. The van der Waals surface area contributed by atoms with Crippen LogP contribution < -0.4 is 42.8 Å². The quantitative estimate of drug-likeness (QED) is 0.0487. The number of nitrogens with one attached hydrogen (secondary N) is 3. The van der Waals surface area contributed by atoms with Crippen molar-refractivity contribution in [1.29, 1.82) is 0 Å². The van der Waals surface area contributed by atoms with Crippen molar-refractivity contribution in [2.24, 2.45) is 12.8 Å². The standard InChI is InChI=1S/C46H56N6O4S.BrH/c1-51-29-26-33(36-19-10-12-22-40(36)51)31-44-52(41-23-13-14-24-42(41)57-44)28-17-7-5-3-2-4-6-8-25-43(53)49-39(30-34-32-48-37-20-11-9-18-35(34)37)45(54)50-38(46(55)56)21-15-16-27-47;/h9-14,18-20,22-24,26,29,31-32,38-39,48H,2-8,15-17,21,25,27-28,30,47H2,1H3,(H2-,49,50,53,54,55,56);1H/t38-,39-;/m0./s1. The average molecular weight is 870 g/mol. The second-order valence-electron chi connectivity index (χ2n) is 15.0. The number of aromatic amines is 1. The highest BCUT2D eigenvalue weighted by Crippen LogP contribution is 2.46. The third-order valence-electron chi connectivity index (χ3n) is 10.8. The number of thioether (sulfide) groups is 1. The number of carboxylic acid groups (broad SMARTS) is 1. The molecule has 0 radical (unpaired) electrons. The Labute approximate surface area is 356 Å². The lowest BCUT2D eigenvalue weighted by atomic mass is 10.0. The number of H-pyrrole nitrogens is 1. The summed E-state index contributed by atoms with van der Waals surface area (Å²) in [5.41, 5.74) is 11.1. The maximum Gasteiger partial charge on any atom is 0.326 e. The highest BCUT2D eigenvalue weighted by Gasteiger charge is 2.28. The number of carbonyl (C=O) groups excluding carboxylic acids is 2. The molecule has 3 aromatic carbocycles. The van der Waals surface area contributed by atoms with Crippen LogP contribution in [0.25, 0.3) is 27.9 Å². The van der Waals surface area contributed by atoms with E-state index in [4.69, 9.17) is 5.73 Å². The number of para-hydroxylation sites is 3. The number of nitrogens with zero attached hydrogens (tertiary/aromatic N) is 2. The molecule has 2 amide bonds. The van der Waals surface area contributed by atoms with Crippen LogP contribution in [-0.4, -0.2) is 53.0 Å². The van der Waals surface area contributed by atoms with Crippen molar-refractivity contribution < 1.29 is 41.0 Å². The van der Waals surface area contributed by atoms with E-state index in [-0.39, 0.29) is 35.7 Å². The van der Waals surface area contributed by atoms with E-state index in [1.165, 1.54) is 44.9 Å². The Morgan fingerprint density at radius 3 is 2.29 bits per heavy atom. The minimum absolute atomic E-state index is 0. The molecule has 1 aliphatic heterocycles. The van der Waals surface area contributed by atoms with E-state index < -0.39 is 24.0 Å². The highest BCUT2D eigenvalue weighted by molar-refractivity contribution is 8.03. The largest absolute Gasteiger partial charge is 1.00 e. The third-order valence-corrected chi connectivity index (χ3v) is 11.9. The number of carboxylic acids is 1. The van der Waals surface area contributed by atoms with Gasteiger partial charge >= 0.3 is 5.97 Å². The van der Waals surface area contributed by atoms with Crippen LogP contribution in [-0.2, 0) is 27.9 Å². The van der Waals surface area contributed by atoms with Crippen LogP contribution in [0.5, 0.6) is 0 Å². The number of hydrogen-bond donors (Lipinski definition) is 5. The molecule has 308 valence electrons. The van der Waals surface area contributed by atoms with Crippen molar-refractivity contribution >= 4 is 63.1 Å². The Kier molecular flexibility index (Phi) is 17.2. The summed E-state index contributed by atoms with van der Waals surface area (Å²) < 4.78 is 2.17. The molecule has 0 spiro atoms. The molecular formula is C46H57BrN6O4S. The van der Waals surface area contributed by atoms with Crippen molar-refractivity contribution in [3.05, 3.63) is 107 Å². The van der Waals surface area contributed by atoms with Gasteiger partial charge in [-0.1, -0.05) is 92.8 Å². The Bertz CT molecular complexity index is 2170. The maximum atomic E-state index is 13.5. The molecule has 1 aliphatic rings. The Morgan fingerprint density at radius 2 is 1.52 bits per heavy atom. The van der Waals surface area contributed by atoms with Gasteiger partial charge in [0.05, 0.1) is 16.1 Å². The minimum atomic E-state index is -1.09. The van der Waals surface area contributed by atoms with Crippen molar-refractivity contribution in [2.75, 3.05) is 18.0 Å². The zero-order valence-corrected chi connectivity index (χ0v) is 35.8. The summed E-state index contributed by atoms with van der Waals surface area (Å²) in [7, 11) is 2.09. The van der Waals surface area contributed by atoms with Crippen molar-refractivity contribution in [1.82, 2.24) is 15.6 Å². The van der Waals surface area contributed by atoms with Gasteiger partial charge in [0, 0.05) is 53.5 Å². The van der Waals surface area contributed by atoms with E-state index >= 15 is 0 Å². The number of aryl methyl sites for hydroxylation is 1. The van der Waals surface area contributed by atoms with Gasteiger partial charge in [-0.2, -0.15) is 0 Å². The van der Waals surface area contributed by atoms with Gasteiger partial charge in [-0.05, 0) is 80.1 Å². The first-order valence-electron chi connectivity index (χ1n) is 20.5. The fourth-order valence-corrected chi connectivity index (χ4v) is 8.81. The van der Waals surface area contributed by atoms with E-state index in [0.29, 0.717) is 25.8 Å². The normalized spacial score (nSPS) is 14.0. The maximum absolute atomic E-state index is 13.5. The first kappa shape index (κ1) is 44.5.